The minimum Gasteiger partial charge on any atom is -0.375 e. The van der Waals surface area contributed by atoms with Crippen molar-refractivity contribution in [1.82, 2.24) is 0 Å². The van der Waals surface area contributed by atoms with Gasteiger partial charge in [-0.25, -0.2) is 0 Å². The maximum absolute atomic E-state index is 8.54. The molecule has 0 amide bonds. The van der Waals surface area contributed by atoms with E-state index in [9.17, 15) is 0 Å². The average Bonchev–Trinajstić information content (AvgIpc) is 2.05. The summed E-state index contributed by atoms with van der Waals surface area (Å²) >= 11 is 0. The molecular weight excluding hydrogens is 138 g/mol. The zero-order valence-electron chi connectivity index (χ0n) is 6.65. The Labute approximate surface area is 66.1 Å². The third-order valence-electron chi connectivity index (χ3n) is 1.42. The number of anilines is 1. The summed E-state index contributed by atoms with van der Waals surface area (Å²) in [6.07, 6.45) is 5.51. The van der Waals surface area contributed by atoms with Gasteiger partial charge in [0.05, 0.1) is 5.69 Å². The summed E-state index contributed by atoms with van der Waals surface area (Å²) in [5.41, 5.74) is 1.02. The van der Waals surface area contributed by atoms with Gasteiger partial charge in [-0.15, -0.1) is 4.57 Å². The highest BCUT2D eigenvalue weighted by Gasteiger charge is 1.98. The van der Waals surface area contributed by atoms with E-state index in [1.165, 1.54) is 4.57 Å². The molecule has 0 aromatic carbocycles. The minimum atomic E-state index is 1.02. The predicted octanol–water partition coefficient (Wildman–Crippen LogP) is 0.369. The SMILES string of the molecule is CN(C)c1ccc[n+](C#N)c1. The zero-order valence-corrected chi connectivity index (χ0v) is 6.65. The molecule has 0 saturated heterocycles. The van der Waals surface area contributed by atoms with Crippen molar-refractivity contribution in [2.75, 3.05) is 19.0 Å². The molecule has 3 heteroatoms. The van der Waals surface area contributed by atoms with Crippen LogP contribution in [0.15, 0.2) is 24.5 Å². The fourth-order valence-electron chi connectivity index (χ4n) is 0.790. The molecule has 0 saturated carbocycles. The van der Waals surface area contributed by atoms with Crippen LogP contribution >= 0.6 is 0 Å². The van der Waals surface area contributed by atoms with E-state index in [0.717, 1.165) is 5.69 Å². The summed E-state index contributed by atoms with van der Waals surface area (Å²) in [4.78, 5) is 1.95. The van der Waals surface area contributed by atoms with E-state index >= 15 is 0 Å². The van der Waals surface area contributed by atoms with E-state index in [0.29, 0.717) is 0 Å². The second kappa shape index (κ2) is 3.02. The molecule has 0 aliphatic heterocycles. The van der Waals surface area contributed by atoms with Gasteiger partial charge in [0, 0.05) is 14.1 Å². The lowest BCUT2D eigenvalue weighted by Gasteiger charge is -2.09. The van der Waals surface area contributed by atoms with Crippen LogP contribution in [0.4, 0.5) is 5.69 Å². The number of hydrogen-bond acceptors (Lipinski definition) is 2. The first kappa shape index (κ1) is 7.55. The number of rotatable bonds is 1. The lowest BCUT2D eigenvalue weighted by molar-refractivity contribution is -0.585. The van der Waals surface area contributed by atoms with E-state index in [4.69, 9.17) is 5.26 Å². The molecule has 1 heterocycles. The van der Waals surface area contributed by atoms with E-state index in [1.807, 2.05) is 37.3 Å². The molecule has 0 aliphatic rings. The third kappa shape index (κ3) is 1.68. The predicted molar refractivity (Wildman–Crippen MR) is 42.0 cm³/mol. The van der Waals surface area contributed by atoms with Crippen LogP contribution in [-0.2, 0) is 0 Å². The summed E-state index contributed by atoms with van der Waals surface area (Å²) in [7, 11) is 3.88. The van der Waals surface area contributed by atoms with Crippen molar-refractivity contribution in [3.63, 3.8) is 0 Å². The topological polar surface area (TPSA) is 30.9 Å². The van der Waals surface area contributed by atoms with Crippen molar-refractivity contribution in [1.29, 1.82) is 5.26 Å². The summed E-state index contributed by atoms with van der Waals surface area (Å²) in [6.45, 7) is 0. The molecule has 0 bridgehead atoms. The molecule has 0 spiro atoms. The van der Waals surface area contributed by atoms with Crippen molar-refractivity contribution < 1.29 is 4.57 Å². The van der Waals surface area contributed by atoms with Crippen LogP contribution in [0, 0.1) is 11.5 Å². The van der Waals surface area contributed by atoms with Crippen molar-refractivity contribution in [3.05, 3.63) is 24.5 Å². The molecule has 0 atom stereocenters. The van der Waals surface area contributed by atoms with Gasteiger partial charge in [0.1, 0.15) is 12.4 Å². The third-order valence-corrected chi connectivity index (χ3v) is 1.42. The number of nitriles is 1. The maximum Gasteiger partial charge on any atom is 0.463 e. The van der Waals surface area contributed by atoms with Gasteiger partial charge in [-0.3, -0.25) is 0 Å². The Kier molecular flexibility index (Phi) is 2.07. The Morgan fingerprint density at radius 3 is 2.82 bits per heavy atom. The number of pyridine rings is 1. The smallest absolute Gasteiger partial charge is 0.375 e. The van der Waals surface area contributed by atoms with Crippen molar-refractivity contribution in [2.45, 2.75) is 0 Å². The first-order chi connectivity index (χ1) is 5.24. The molecule has 11 heavy (non-hydrogen) atoms. The normalized spacial score (nSPS) is 8.82. The molecule has 0 N–H and O–H groups in total. The van der Waals surface area contributed by atoms with Gasteiger partial charge in [0.2, 0.25) is 0 Å². The zero-order chi connectivity index (χ0) is 8.27. The van der Waals surface area contributed by atoms with Gasteiger partial charge < -0.3 is 4.90 Å². The van der Waals surface area contributed by atoms with Crippen LogP contribution in [0.1, 0.15) is 0 Å². The Morgan fingerprint density at radius 2 is 2.27 bits per heavy atom. The Bertz CT molecular complexity index is 286. The maximum atomic E-state index is 8.54. The van der Waals surface area contributed by atoms with Crippen molar-refractivity contribution >= 4 is 5.69 Å². The molecule has 56 valence electrons. The van der Waals surface area contributed by atoms with E-state index in [2.05, 4.69) is 0 Å². The van der Waals surface area contributed by atoms with Crippen molar-refractivity contribution in [3.8, 4) is 6.19 Å². The minimum absolute atomic E-state index is 1.02. The Balaban J connectivity index is 3.03. The highest BCUT2D eigenvalue weighted by molar-refractivity contribution is 5.39. The molecule has 1 aromatic rings. The van der Waals surface area contributed by atoms with E-state index in [-0.39, 0.29) is 0 Å². The molecular formula is C8H10N3+. The molecule has 1 aromatic heterocycles. The molecule has 0 fully saturated rings. The van der Waals surface area contributed by atoms with Crippen LogP contribution < -0.4 is 9.47 Å². The number of nitrogens with zero attached hydrogens (tertiary/aromatic N) is 3. The van der Waals surface area contributed by atoms with Gasteiger partial charge in [0.25, 0.3) is 0 Å². The van der Waals surface area contributed by atoms with Gasteiger partial charge in [-0.1, -0.05) is 0 Å². The lowest BCUT2D eigenvalue weighted by atomic mass is 10.4. The fourth-order valence-corrected chi connectivity index (χ4v) is 0.790. The quantitative estimate of drug-likeness (QED) is 0.539. The second-order valence-electron chi connectivity index (χ2n) is 2.46. The average molecular weight is 148 g/mol. The van der Waals surface area contributed by atoms with Gasteiger partial charge in [-0.2, -0.15) is 0 Å². The lowest BCUT2D eigenvalue weighted by Crippen LogP contribution is -2.27. The van der Waals surface area contributed by atoms with E-state index < -0.39 is 0 Å². The van der Waals surface area contributed by atoms with Crippen LogP contribution in [0.2, 0.25) is 0 Å². The molecule has 3 nitrogen and oxygen atoms in total. The number of aromatic nitrogens is 1. The first-order valence-electron chi connectivity index (χ1n) is 3.33. The summed E-state index contributed by atoms with van der Waals surface area (Å²) in [6, 6.07) is 3.80. The van der Waals surface area contributed by atoms with E-state index in [1.54, 1.807) is 12.4 Å². The van der Waals surface area contributed by atoms with Gasteiger partial charge in [-0.05, 0) is 12.1 Å². The van der Waals surface area contributed by atoms with Crippen LogP contribution in [-0.4, -0.2) is 14.1 Å². The van der Waals surface area contributed by atoms with Crippen LogP contribution in [0.3, 0.4) is 0 Å². The molecule has 1 rings (SSSR count). The first-order valence-corrected chi connectivity index (χ1v) is 3.33. The van der Waals surface area contributed by atoms with Gasteiger partial charge >= 0.3 is 6.19 Å². The second-order valence-corrected chi connectivity index (χ2v) is 2.46. The summed E-state index contributed by atoms with van der Waals surface area (Å²) in [5.74, 6) is 0. The summed E-state index contributed by atoms with van der Waals surface area (Å²) < 4.78 is 1.47. The molecule has 0 aliphatic carbocycles. The fraction of sp³-hybridized carbons (Fsp3) is 0.250. The highest BCUT2D eigenvalue weighted by atomic mass is 15.1. The number of hydrogen-bond donors (Lipinski definition) is 0. The highest BCUT2D eigenvalue weighted by Crippen LogP contribution is 2.04. The Hall–Kier alpha value is -1.56. The standard InChI is InChI=1S/C8H10N3/c1-10(2)8-4-3-5-11(6-8)7-9/h3-6H,1-2H3/q+1. The van der Waals surface area contributed by atoms with Gasteiger partial charge in [0.15, 0.2) is 5.26 Å². The Morgan fingerprint density at radius 1 is 1.55 bits per heavy atom. The molecule has 0 unspecified atom stereocenters. The summed E-state index contributed by atoms with van der Waals surface area (Å²) in [5, 5.41) is 8.54. The van der Waals surface area contributed by atoms with Crippen LogP contribution in [0.5, 0.6) is 0 Å². The van der Waals surface area contributed by atoms with Crippen molar-refractivity contribution in [2.24, 2.45) is 0 Å². The molecule has 0 radical (unpaired) electrons. The monoisotopic (exact) mass is 148 g/mol. The van der Waals surface area contributed by atoms with Crippen LogP contribution in [0.25, 0.3) is 0 Å². The largest absolute Gasteiger partial charge is 0.463 e.